The highest BCUT2D eigenvalue weighted by molar-refractivity contribution is 6.12. The molecule has 174 valence electrons. The summed E-state index contributed by atoms with van der Waals surface area (Å²) in [4.78, 5) is 33.1. The Morgan fingerprint density at radius 3 is 2.74 bits per heavy atom. The lowest BCUT2D eigenvalue weighted by Crippen LogP contribution is -2.17. The summed E-state index contributed by atoms with van der Waals surface area (Å²) in [7, 11) is 0. The number of nitrogens with one attached hydrogen (secondary N) is 3. The number of aromatic amines is 2. The molecule has 5 rings (SSSR count). The van der Waals surface area contributed by atoms with E-state index in [9.17, 15) is 9.59 Å². The quantitative estimate of drug-likeness (QED) is 0.306. The van der Waals surface area contributed by atoms with Crippen molar-refractivity contribution >= 4 is 40.4 Å². The van der Waals surface area contributed by atoms with Crippen LogP contribution >= 0.6 is 0 Å². The lowest BCUT2D eigenvalue weighted by atomic mass is 10.0. The SMILES string of the molecule is CCn1nc(C)cc1C(=O)Nc1cccc(C(=O)c2ccc3c(C=Cc4ncc[nH]4)n[nH]c3c2)c1. The van der Waals surface area contributed by atoms with Gasteiger partial charge in [0.2, 0.25) is 0 Å². The molecular weight excluding hydrogens is 442 g/mol. The molecule has 0 aliphatic carbocycles. The first-order valence-electron chi connectivity index (χ1n) is 11.2. The van der Waals surface area contributed by atoms with Gasteiger partial charge in [0, 0.05) is 41.1 Å². The van der Waals surface area contributed by atoms with Crippen LogP contribution in [0.5, 0.6) is 0 Å². The Bertz CT molecular complexity index is 1560. The number of H-pyrrole nitrogens is 2. The van der Waals surface area contributed by atoms with Crippen molar-refractivity contribution in [3.05, 3.63) is 95.0 Å². The summed E-state index contributed by atoms with van der Waals surface area (Å²) in [6.07, 6.45) is 7.13. The highest BCUT2D eigenvalue weighted by atomic mass is 16.2. The summed E-state index contributed by atoms with van der Waals surface area (Å²) in [6, 6.07) is 14.1. The molecule has 1 amide bonds. The molecule has 0 aliphatic rings. The molecule has 0 bridgehead atoms. The predicted molar refractivity (Wildman–Crippen MR) is 134 cm³/mol. The van der Waals surface area contributed by atoms with Gasteiger partial charge in [0.25, 0.3) is 5.91 Å². The van der Waals surface area contributed by atoms with Gasteiger partial charge in [0.15, 0.2) is 5.78 Å². The Morgan fingerprint density at radius 2 is 1.94 bits per heavy atom. The van der Waals surface area contributed by atoms with Crippen LogP contribution in [0.2, 0.25) is 0 Å². The molecule has 3 aromatic heterocycles. The lowest BCUT2D eigenvalue weighted by Gasteiger charge is -2.08. The lowest BCUT2D eigenvalue weighted by molar-refractivity contribution is 0.101. The third kappa shape index (κ3) is 4.51. The molecule has 3 heterocycles. The number of hydrogen-bond donors (Lipinski definition) is 3. The second kappa shape index (κ2) is 9.22. The van der Waals surface area contributed by atoms with Crippen molar-refractivity contribution in [2.75, 3.05) is 5.32 Å². The van der Waals surface area contributed by atoms with Gasteiger partial charge in [-0.05, 0) is 56.3 Å². The van der Waals surface area contributed by atoms with Crippen LogP contribution in [0, 0.1) is 6.92 Å². The average molecular weight is 466 g/mol. The van der Waals surface area contributed by atoms with E-state index >= 15 is 0 Å². The normalized spacial score (nSPS) is 11.4. The minimum absolute atomic E-state index is 0.153. The van der Waals surface area contributed by atoms with Gasteiger partial charge >= 0.3 is 0 Å². The first-order chi connectivity index (χ1) is 17.0. The molecule has 0 radical (unpaired) electrons. The van der Waals surface area contributed by atoms with Crippen LogP contribution in [0.15, 0.2) is 60.9 Å². The molecule has 2 aromatic carbocycles. The van der Waals surface area contributed by atoms with E-state index in [0.717, 1.165) is 28.1 Å². The Morgan fingerprint density at radius 1 is 1.09 bits per heavy atom. The molecule has 5 aromatic rings. The number of amides is 1. The minimum Gasteiger partial charge on any atom is -0.345 e. The Labute approximate surface area is 200 Å². The number of imidazole rings is 1. The maximum atomic E-state index is 13.2. The molecule has 9 heteroatoms. The molecule has 35 heavy (non-hydrogen) atoms. The van der Waals surface area contributed by atoms with Gasteiger partial charge in [-0.3, -0.25) is 19.4 Å². The molecule has 0 aliphatic heterocycles. The number of carbonyl (C=O) groups is 2. The molecule has 0 saturated heterocycles. The van der Waals surface area contributed by atoms with E-state index in [-0.39, 0.29) is 11.7 Å². The van der Waals surface area contributed by atoms with Crippen molar-refractivity contribution in [1.29, 1.82) is 0 Å². The minimum atomic E-state index is -0.272. The zero-order chi connectivity index (χ0) is 24.4. The van der Waals surface area contributed by atoms with Gasteiger partial charge in [0.05, 0.1) is 16.9 Å². The predicted octanol–water partition coefficient (Wildman–Crippen LogP) is 4.46. The molecule has 9 nitrogen and oxygen atoms in total. The number of rotatable bonds is 7. The van der Waals surface area contributed by atoms with Crippen molar-refractivity contribution in [1.82, 2.24) is 29.9 Å². The van der Waals surface area contributed by atoms with E-state index in [2.05, 4.69) is 30.6 Å². The van der Waals surface area contributed by atoms with Gasteiger partial charge in [-0.25, -0.2) is 4.98 Å². The third-order valence-electron chi connectivity index (χ3n) is 5.59. The molecule has 0 fully saturated rings. The fourth-order valence-electron chi connectivity index (χ4n) is 3.90. The van der Waals surface area contributed by atoms with Gasteiger partial charge < -0.3 is 10.3 Å². The molecule has 0 unspecified atom stereocenters. The Hall–Kier alpha value is -4.79. The van der Waals surface area contributed by atoms with Crippen LogP contribution < -0.4 is 5.32 Å². The fourth-order valence-corrected chi connectivity index (χ4v) is 3.90. The summed E-state index contributed by atoms with van der Waals surface area (Å²) >= 11 is 0. The zero-order valence-electron chi connectivity index (χ0n) is 19.2. The highest BCUT2D eigenvalue weighted by Crippen LogP contribution is 2.22. The number of carbonyl (C=O) groups excluding carboxylic acids is 2. The van der Waals surface area contributed by atoms with Gasteiger partial charge in [-0.15, -0.1) is 0 Å². The number of fused-ring (bicyclic) bond motifs is 1. The molecule has 0 saturated carbocycles. The van der Waals surface area contributed by atoms with Gasteiger partial charge in [-0.1, -0.05) is 18.2 Å². The van der Waals surface area contributed by atoms with E-state index in [0.29, 0.717) is 29.1 Å². The van der Waals surface area contributed by atoms with Gasteiger partial charge in [0.1, 0.15) is 11.5 Å². The van der Waals surface area contributed by atoms with Crippen LogP contribution in [0.25, 0.3) is 23.1 Å². The molecule has 0 atom stereocenters. The topological polar surface area (TPSA) is 121 Å². The average Bonchev–Trinajstić information content (AvgIpc) is 3.61. The monoisotopic (exact) mass is 465 g/mol. The summed E-state index contributed by atoms with van der Waals surface area (Å²) < 4.78 is 1.65. The third-order valence-corrected chi connectivity index (χ3v) is 5.59. The van der Waals surface area contributed by atoms with Crippen LogP contribution in [-0.2, 0) is 6.54 Å². The second-order valence-corrected chi connectivity index (χ2v) is 8.03. The summed E-state index contributed by atoms with van der Waals surface area (Å²) in [5.74, 6) is 0.306. The molecular formula is C26H23N7O2. The van der Waals surface area contributed by atoms with Crippen molar-refractivity contribution < 1.29 is 9.59 Å². The summed E-state index contributed by atoms with van der Waals surface area (Å²) in [5, 5.41) is 15.4. The maximum Gasteiger partial charge on any atom is 0.273 e. The number of hydrogen-bond acceptors (Lipinski definition) is 5. The maximum absolute atomic E-state index is 13.2. The smallest absolute Gasteiger partial charge is 0.273 e. The summed E-state index contributed by atoms with van der Waals surface area (Å²) in [5.41, 5.74) is 4.28. The van der Waals surface area contributed by atoms with E-state index in [1.807, 2.05) is 32.1 Å². The van der Waals surface area contributed by atoms with Crippen molar-refractivity contribution in [3.63, 3.8) is 0 Å². The largest absolute Gasteiger partial charge is 0.345 e. The number of nitrogens with zero attached hydrogens (tertiary/aromatic N) is 4. The molecule has 3 N–H and O–H groups in total. The zero-order valence-corrected chi connectivity index (χ0v) is 19.2. The van der Waals surface area contributed by atoms with Crippen LogP contribution in [0.3, 0.4) is 0 Å². The number of aromatic nitrogens is 6. The standard InChI is InChI=1S/C26H23N7O2/c1-3-33-23(13-16(2)32-33)26(35)29-19-6-4-5-17(14-19)25(34)18-7-8-20-21(30-31-22(20)15-18)9-10-24-27-11-12-28-24/h4-15H,3H2,1-2H3,(H,27,28)(H,29,35)(H,30,31). The second-order valence-electron chi connectivity index (χ2n) is 8.03. The van der Waals surface area contributed by atoms with Gasteiger partial charge in [-0.2, -0.15) is 10.2 Å². The van der Waals surface area contributed by atoms with E-state index < -0.39 is 0 Å². The highest BCUT2D eigenvalue weighted by Gasteiger charge is 2.16. The van der Waals surface area contributed by atoms with E-state index in [1.54, 1.807) is 59.5 Å². The number of benzene rings is 2. The van der Waals surface area contributed by atoms with Crippen molar-refractivity contribution in [2.24, 2.45) is 0 Å². The summed E-state index contributed by atoms with van der Waals surface area (Å²) in [6.45, 7) is 4.36. The first-order valence-corrected chi connectivity index (χ1v) is 11.2. The van der Waals surface area contributed by atoms with Crippen LogP contribution in [0.1, 0.15) is 50.5 Å². The van der Waals surface area contributed by atoms with E-state index in [1.165, 1.54) is 0 Å². The van der Waals surface area contributed by atoms with Crippen molar-refractivity contribution in [3.8, 4) is 0 Å². The molecule has 0 spiro atoms. The Kier molecular flexibility index (Phi) is 5.80. The first kappa shape index (κ1) is 22.0. The van der Waals surface area contributed by atoms with E-state index in [4.69, 9.17) is 0 Å². The van der Waals surface area contributed by atoms with Crippen LogP contribution in [0.4, 0.5) is 5.69 Å². The fraction of sp³-hybridized carbons (Fsp3) is 0.115. The van der Waals surface area contributed by atoms with Crippen molar-refractivity contribution in [2.45, 2.75) is 20.4 Å². The number of ketones is 1. The number of aryl methyl sites for hydroxylation is 2. The number of anilines is 1. The Balaban J connectivity index is 1.36. The van der Waals surface area contributed by atoms with Crippen LogP contribution in [-0.4, -0.2) is 41.6 Å².